The Bertz CT molecular complexity index is 401. The Labute approximate surface area is 91.3 Å². The first-order valence-corrected chi connectivity index (χ1v) is 4.52. The van der Waals surface area contributed by atoms with E-state index >= 15 is 0 Å². The molecule has 2 nitrogen and oxygen atoms in total. The summed E-state index contributed by atoms with van der Waals surface area (Å²) in [7, 11) is 0. The van der Waals surface area contributed by atoms with Crippen molar-refractivity contribution < 1.29 is 17.9 Å². The third kappa shape index (κ3) is 3.16. The predicted molar refractivity (Wildman–Crippen MR) is 51.8 cm³/mol. The molecule has 0 N–H and O–H groups in total. The molecule has 0 saturated carbocycles. The maximum atomic E-state index is 11.9. The van der Waals surface area contributed by atoms with Gasteiger partial charge in [0.1, 0.15) is 5.75 Å². The highest BCUT2D eigenvalue weighted by Gasteiger charge is 2.31. The molecular formula is C11H10F3NO. The van der Waals surface area contributed by atoms with Gasteiger partial charge in [-0.1, -0.05) is 12.1 Å². The van der Waals surface area contributed by atoms with E-state index in [4.69, 9.17) is 5.26 Å². The summed E-state index contributed by atoms with van der Waals surface area (Å²) in [5.74, 6) is -0.287. The summed E-state index contributed by atoms with van der Waals surface area (Å²) >= 11 is 0. The number of nitrogens with zero attached hydrogens (tertiary/aromatic N) is 1. The number of rotatable bonds is 2. The van der Waals surface area contributed by atoms with Crippen molar-refractivity contribution in [2.75, 3.05) is 0 Å². The summed E-state index contributed by atoms with van der Waals surface area (Å²) in [6, 6.07) is 7.35. The smallest absolute Gasteiger partial charge is 0.406 e. The third-order valence-electron chi connectivity index (χ3n) is 2.09. The molecule has 1 aromatic rings. The van der Waals surface area contributed by atoms with Gasteiger partial charge in [0.15, 0.2) is 0 Å². The standard InChI is InChI=1S/C11H10F3NO/c1-10(2,7-15)8-3-5-9(6-4-8)16-11(12,13)14/h3-6H,1-2H3. The monoisotopic (exact) mass is 229 g/mol. The van der Waals surface area contributed by atoms with Crippen molar-refractivity contribution in [1.82, 2.24) is 0 Å². The van der Waals surface area contributed by atoms with Crippen molar-refractivity contribution in [3.8, 4) is 11.8 Å². The molecule has 16 heavy (non-hydrogen) atoms. The van der Waals surface area contributed by atoms with Gasteiger partial charge in [-0.2, -0.15) is 5.26 Å². The van der Waals surface area contributed by atoms with Crippen molar-refractivity contribution in [3.05, 3.63) is 29.8 Å². The summed E-state index contributed by atoms with van der Waals surface area (Å²) in [6.45, 7) is 3.37. The second kappa shape index (κ2) is 4.05. The summed E-state index contributed by atoms with van der Waals surface area (Å²) in [6.07, 6.45) is -4.69. The van der Waals surface area contributed by atoms with Crippen LogP contribution in [0.1, 0.15) is 19.4 Å². The normalized spacial score (nSPS) is 12.0. The van der Waals surface area contributed by atoms with E-state index in [-0.39, 0.29) is 5.75 Å². The van der Waals surface area contributed by atoms with E-state index in [1.54, 1.807) is 13.8 Å². The minimum absolute atomic E-state index is 0.287. The Kier molecular flexibility index (Phi) is 3.13. The highest BCUT2D eigenvalue weighted by Crippen LogP contribution is 2.27. The first-order valence-electron chi connectivity index (χ1n) is 4.52. The number of benzene rings is 1. The molecule has 0 amide bonds. The molecule has 0 unspecified atom stereocenters. The number of hydrogen-bond donors (Lipinski definition) is 0. The van der Waals surface area contributed by atoms with Crippen LogP contribution in [0.4, 0.5) is 13.2 Å². The van der Waals surface area contributed by atoms with Crippen LogP contribution in [0.5, 0.6) is 5.75 Å². The number of alkyl halides is 3. The van der Waals surface area contributed by atoms with E-state index in [9.17, 15) is 13.2 Å². The van der Waals surface area contributed by atoms with Crippen LogP contribution in [0, 0.1) is 11.3 Å². The number of hydrogen-bond acceptors (Lipinski definition) is 2. The molecule has 0 spiro atoms. The lowest BCUT2D eigenvalue weighted by atomic mass is 9.86. The second-order valence-electron chi connectivity index (χ2n) is 3.81. The minimum atomic E-state index is -4.69. The van der Waals surface area contributed by atoms with Crippen LogP contribution >= 0.6 is 0 Å². The van der Waals surface area contributed by atoms with E-state index in [2.05, 4.69) is 10.8 Å². The fraction of sp³-hybridized carbons (Fsp3) is 0.364. The predicted octanol–water partition coefficient (Wildman–Crippen LogP) is 3.39. The van der Waals surface area contributed by atoms with Gasteiger partial charge in [0.05, 0.1) is 11.5 Å². The van der Waals surface area contributed by atoms with E-state index in [0.29, 0.717) is 5.56 Å². The highest BCUT2D eigenvalue weighted by atomic mass is 19.4. The molecular weight excluding hydrogens is 219 g/mol. The molecule has 0 atom stereocenters. The number of halogens is 3. The zero-order chi connectivity index (χ0) is 12.4. The summed E-state index contributed by atoms with van der Waals surface area (Å²) < 4.78 is 39.3. The first-order chi connectivity index (χ1) is 7.24. The van der Waals surface area contributed by atoms with Gasteiger partial charge in [-0.05, 0) is 31.5 Å². The van der Waals surface area contributed by atoms with E-state index in [1.165, 1.54) is 24.3 Å². The molecule has 5 heteroatoms. The fourth-order valence-electron chi connectivity index (χ4n) is 1.14. The molecule has 0 aliphatic rings. The Hall–Kier alpha value is -1.70. The first kappa shape index (κ1) is 12.4. The molecule has 1 aromatic carbocycles. The van der Waals surface area contributed by atoms with Crippen molar-refractivity contribution in [2.45, 2.75) is 25.6 Å². The van der Waals surface area contributed by atoms with Crippen molar-refractivity contribution in [1.29, 1.82) is 5.26 Å². The van der Waals surface area contributed by atoms with Crippen LogP contribution in [-0.4, -0.2) is 6.36 Å². The van der Waals surface area contributed by atoms with Crippen molar-refractivity contribution >= 4 is 0 Å². The Morgan fingerprint density at radius 2 is 1.62 bits per heavy atom. The average molecular weight is 229 g/mol. The molecule has 0 aliphatic carbocycles. The largest absolute Gasteiger partial charge is 0.573 e. The Balaban J connectivity index is 2.89. The average Bonchev–Trinajstić information content (AvgIpc) is 2.16. The summed E-state index contributed by atoms with van der Waals surface area (Å²) in [5.41, 5.74) is -0.0824. The maximum absolute atomic E-state index is 11.9. The molecule has 0 aromatic heterocycles. The van der Waals surface area contributed by atoms with Gasteiger partial charge in [-0.3, -0.25) is 0 Å². The molecule has 0 fully saturated rings. The van der Waals surface area contributed by atoms with Crippen LogP contribution < -0.4 is 4.74 Å². The highest BCUT2D eigenvalue weighted by molar-refractivity contribution is 5.35. The van der Waals surface area contributed by atoms with Crippen LogP contribution in [0.15, 0.2) is 24.3 Å². The van der Waals surface area contributed by atoms with Crippen molar-refractivity contribution in [2.24, 2.45) is 0 Å². The Morgan fingerprint density at radius 1 is 1.12 bits per heavy atom. The van der Waals surface area contributed by atoms with Crippen LogP contribution in [0.25, 0.3) is 0 Å². The molecule has 1 rings (SSSR count). The van der Waals surface area contributed by atoms with Crippen LogP contribution in [0.2, 0.25) is 0 Å². The van der Waals surface area contributed by atoms with Gasteiger partial charge in [-0.15, -0.1) is 13.2 Å². The van der Waals surface area contributed by atoms with Crippen LogP contribution in [-0.2, 0) is 5.41 Å². The SMILES string of the molecule is CC(C)(C#N)c1ccc(OC(F)(F)F)cc1. The van der Waals surface area contributed by atoms with Gasteiger partial charge in [0.25, 0.3) is 0 Å². The van der Waals surface area contributed by atoms with E-state index in [1.807, 2.05) is 0 Å². The number of ether oxygens (including phenoxy) is 1. The van der Waals surface area contributed by atoms with Gasteiger partial charge >= 0.3 is 6.36 Å². The lowest BCUT2D eigenvalue weighted by molar-refractivity contribution is -0.274. The molecule has 86 valence electrons. The second-order valence-corrected chi connectivity index (χ2v) is 3.81. The van der Waals surface area contributed by atoms with Gasteiger partial charge < -0.3 is 4.74 Å². The topological polar surface area (TPSA) is 33.0 Å². The molecule has 0 bridgehead atoms. The number of nitriles is 1. The molecule has 0 radical (unpaired) electrons. The zero-order valence-electron chi connectivity index (χ0n) is 8.80. The van der Waals surface area contributed by atoms with Gasteiger partial charge in [0.2, 0.25) is 0 Å². The summed E-state index contributed by atoms with van der Waals surface area (Å²) in [4.78, 5) is 0. The molecule has 0 saturated heterocycles. The third-order valence-corrected chi connectivity index (χ3v) is 2.09. The zero-order valence-corrected chi connectivity index (χ0v) is 8.80. The van der Waals surface area contributed by atoms with Crippen molar-refractivity contribution in [3.63, 3.8) is 0 Å². The van der Waals surface area contributed by atoms with Crippen LogP contribution in [0.3, 0.4) is 0 Å². The molecule has 0 aliphatic heterocycles. The Morgan fingerprint density at radius 3 is 2.00 bits per heavy atom. The lowest BCUT2D eigenvalue weighted by Gasteiger charge is -2.16. The maximum Gasteiger partial charge on any atom is 0.573 e. The van der Waals surface area contributed by atoms with E-state index in [0.717, 1.165) is 0 Å². The van der Waals surface area contributed by atoms with Gasteiger partial charge in [-0.25, -0.2) is 0 Å². The summed E-state index contributed by atoms with van der Waals surface area (Å²) in [5, 5.41) is 8.84. The van der Waals surface area contributed by atoms with Gasteiger partial charge in [0, 0.05) is 0 Å². The fourth-order valence-corrected chi connectivity index (χ4v) is 1.14. The quantitative estimate of drug-likeness (QED) is 0.778. The lowest BCUT2D eigenvalue weighted by Crippen LogP contribution is -2.17. The molecule has 0 heterocycles. The van der Waals surface area contributed by atoms with E-state index < -0.39 is 11.8 Å². The minimum Gasteiger partial charge on any atom is -0.406 e.